The summed E-state index contributed by atoms with van der Waals surface area (Å²) in [6.07, 6.45) is 4.80. The van der Waals surface area contributed by atoms with Gasteiger partial charge in [0, 0.05) is 19.2 Å². The number of hydrogen-bond donors (Lipinski definition) is 1. The fraction of sp³-hybridized carbons (Fsp3) is 1.00. The van der Waals surface area contributed by atoms with Crippen molar-refractivity contribution in [3.63, 3.8) is 0 Å². The third-order valence-corrected chi connectivity index (χ3v) is 6.42. The van der Waals surface area contributed by atoms with Crippen molar-refractivity contribution in [3.8, 4) is 0 Å². The van der Waals surface area contributed by atoms with E-state index in [4.69, 9.17) is 10.5 Å². The molecule has 0 aromatic carbocycles. The Bertz CT molecular complexity index is 379. The molecule has 5 nitrogen and oxygen atoms in total. The van der Waals surface area contributed by atoms with Crippen molar-refractivity contribution in [2.45, 2.75) is 51.2 Å². The van der Waals surface area contributed by atoms with Crippen LogP contribution in [0.3, 0.4) is 0 Å². The highest BCUT2D eigenvalue weighted by atomic mass is 32.2. The topological polar surface area (TPSA) is 72.6 Å². The van der Waals surface area contributed by atoms with Crippen LogP contribution in [0.15, 0.2) is 0 Å². The molecule has 2 aliphatic rings. The van der Waals surface area contributed by atoms with E-state index in [1.54, 1.807) is 4.31 Å². The third kappa shape index (κ3) is 3.48. The Morgan fingerprint density at radius 1 is 1.26 bits per heavy atom. The standard InChI is InChI=1S/C13H26N2O3S/c1-2-15(13-7-3-5-11(13)9-14)19(16,17)10-12-6-4-8-18-12/h11-13H,2-10,14H2,1H3. The zero-order valence-corrected chi connectivity index (χ0v) is 12.6. The summed E-state index contributed by atoms with van der Waals surface area (Å²) < 4.78 is 32.3. The fourth-order valence-corrected chi connectivity index (χ4v) is 5.42. The van der Waals surface area contributed by atoms with Gasteiger partial charge in [-0.3, -0.25) is 0 Å². The SMILES string of the molecule is CCN(C1CCCC1CN)S(=O)(=O)CC1CCCO1. The largest absolute Gasteiger partial charge is 0.377 e. The van der Waals surface area contributed by atoms with Crippen LogP contribution in [0.4, 0.5) is 0 Å². The van der Waals surface area contributed by atoms with Crippen LogP contribution in [0.1, 0.15) is 39.0 Å². The Balaban J connectivity index is 2.06. The molecule has 0 radical (unpaired) electrons. The Kier molecular flexibility index (Phi) is 5.22. The van der Waals surface area contributed by atoms with Crippen LogP contribution < -0.4 is 5.73 Å². The van der Waals surface area contributed by atoms with Gasteiger partial charge in [0.15, 0.2) is 0 Å². The first kappa shape index (κ1) is 15.2. The minimum absolute atomic E-state index is 0.0985. The lowest BCUT2D eigenvalue weighted by molar-refractivity contribution is 0.125. The summed E-state index contributed by atoms with van der Waals surface area (Å²) in [5, 5.41) is 0. The number of sulfonamides is 1. The highest BCUT2D eigenvalue weighted by Gasteiger charge is 2.38. The maximum Gasteiger partial charge on any atom is 0.216 e. The summed E-state index contributed by atoms with van der Waals surface area (Å²) in [6, 6.07) is 0.0985. The Morgan fingerprint density at radius 2 is 2.05 bits per heavy atom. The van der Waals surface area contributed by atoms with E-state index in [0.29, 0.717) is 25.6 Å². The molecule has 2 N–H and O–H groups in total. The Labute approximate surface area is 116 Å². The van der Waals surface area contributed by atoms with Gasteiger partial charge < -0.3 is 10.5 Å². The second-order valence-corrected chi connectivity index (χ2v) is 7.58. The van der Waals surface area contributed by atoms with Gasteiger partial charge in [0.1, 0.15) is 0 Å². The molecule has 3 unspecified atom stereocenters. The van der Waals surface area contributed by atoms with E-state index in [0.717, 1.165) is 32.1 Å². The second kappa shape index (κ2) is 6.52. The van der Waals surface area contributed by atoms with Gasteiger partial charge in [0.25, 0.3) is 0 Å². The average molecular weight is 290 g/mol. The molecule has 0 aromatic rings. The third-order valence-electron chi connectivity index (χ3n) is 4.38. The van der Waals surface area contributed by atoms with Crippen LogP contribution in [-0.4, -0.2) is 50.3 Å². The monoisotopic (exact) mass is 290 g/mol. The molecule has 1 aliphatic carbocycles. The van der Waals surface area contributed by atoms with Gasteiger partial charge in [0.2, 0.25) is 10.0 Å². The number of nitrogens with two attached hydrogens (primary N) is 1. The first-order valence-corrected chi connectivity index (χ1v) is 9.00. The van der Waals surface area contributed by atoms with Crippen molar-refractivity contribution in [1.29, 1.82) is 0 Å². The quantitative estimate of drug-likeness (QED) is 0.790. The van der Waals surface area contributed by atoms with Crippen LogP contribution in [0.25, 0.3) is 0 Å². The number of ether oxygens (including phenoxy) is 1. The molecule has 2 fully saturated rings. The molecule has 0 spiro atoms. The number of rotatable bonds is 6. The van der Waals surface area contributed by atoms with Crippen LogP contribution in [0, 0.1) is 5.92 Å². The first-order chi connectivity index (χ1) is 9.08. The van der Waals surface area contributed by atoms with Crippen LogP contribution in [0.2, 0.25) is 0 Å². The van der Waals surface area contributed by atoms with E-state index in [1.165, 1.54) is 0 Å². The van der Waals surface area contributed by atoms with Crippen molar-refractivity contribution in [3.05, 3.63) is 0 Å². The predicted molar refractivity (Wildman–Crippen MR) is 75.3 cm³/mol. The van der Waals surface area contributed by atoms with E-state index in [2.05, 4.69) is 0 Å². The summed E-state index contributed by atoms with van der Waals surface area (Å²) in [6.45, 7) is 3.73. The smallest absolute Gasteiger partial charge is 0.216 e. The van der Waals surface area contributed by atoms with E-state index < -0.39 is 10.0 Å². The summed E-state index contributed by atoms with van der Waals surface area (Å²) in [5.41, 5.74) is 5.78. The summed E-state index contributed by atoms with van der Waals surface area (Å²) in [5.74, 6) is 0.452. The Morgan fingerprint density at radius 3 is 2.63 bits per heavy atom. The van der Waals surface area contributed by atoms with Gasteiger partial charge in [-0.25, -0.2) is 8.42 Å². The second-order valence-electron chi connectivity index (χ2n) is 5.61. The molecule has 0 amide bonds. The molecule has 1 saturated heterocycles. The first-order valence-electron chi connectivity index (χ1n) is 7.39. The zero-order chi connectivity index (χ0) is 13.9. The normalized spacial score (nSPS) is 32.3. The van der Waals surface area contributed by atoms with E-state index in [1.807, 2.05) is 6.92 Å². The molecule has 112 valence electrons. The van der Waals surface area contributed by atoms with Gasteiger partial charge in [-0.15, -0.1) is 0 Å². The van der Waals surface area contributed by atoms with Crippen molar-refractivity contribution >= 4 is 10.0 Å². The van der Waals surface area contributed by atoms with Crippen LogP contribution >= 0.6 is 0 Å². The summed E-state index contributed by atoms with van der Waals surface area (Å²) in [4.78, 5) is 0. The van der Waals surface area contributed by atoms with Crippen LogP contribution in [-0.2, 0) is 14.8 Å². The molecule has 2 rings (SSSR count). The predicted octanol–water partition coefficient (Wildman–Crippen LogP) is 0.945. The lowest BCUT2D eigenvalue weighted by atomic mass is 10.0. The van der Waals surface area contributed by atoms with Crippen molar-refractivity contribution in [2.75, 3.05) is 25.4 Å². The molecular weight excluding hydrogens is 264 g/mol. The molecule has 6 heteroatoms. The molecule has 1 heterocycles. The lowest BCUT2D eigenvalue weighted by Crippen LogP contribution is -2.46. The minimum atomic E-state index is -3.23. The van der Waals surface area contributed by atoms with Gasteiger partial charge in [-0.1, -0.05) is 13.3 Å². The maximum atomic E-state index is 12.6. The molecule has 0 bridgehead atoms. The Hall–Kier alpha value is -0.170. The summed E-state index contributed by atoms with van der Waals surface area (Å²) >= 11 is 0. The van der Waals surface area contributed by atoms with E-state index >= 15 is 0 Å². The fourth-order valence-electron chi connectivity index (χ4n) is 3.42. The van der Waals surface area contributed by atoms with Gasteiger partial charge in [-0.2, -0.15) is 4.31 Å². The van der Waals surface area contributed by atoms with Gasteiger partial charge >= 0.3 is 0 Å². The highest BCUT2D eigenvalue weighted by Crippen LogP contribution is 2.31. The number of nitrogens with zero attached hydrogens (tertiary/aromatic N) is 1. The molecular formula is C13H26N2O3S. The van der Waals surface area contributed by atoms with Gasteiger partial charge in [0.05, 0.1) is 11.9 Å². The molecule has 1 aliphatic heterocycles. The lowest BCUT2D eigenvalue weighted by Gasteiger charge is -2.31. The van der Waals surface area contributed by atoms with Crippen molar-refractivity contribution < 1.29 is 13.2 Å². The van der Waals surface area contributed by atoms with Crippen molar-refractivity contribution in [1.82, 2.24) is 4.31 Å². The maximum absolute atomic E-state index is 12.6. The van der Waals surface area contributed by atoms with Crippen LogP contribution in [0.5, 0.6) is 0 Å². The average Bonchev–Trinajstić information content (AvgIpc) is 3.00. The van der Waals surface area contributed by atoms with Crippen molar-refractivity contribution in [2.24, 2.45) is 11.7 Å². The molecule has 19 heavy (non-hydrogen) atoms. The minimum Gasteiger partial charge on any atom is -0.377 e. The zero-order valence-electron chi connectivity index (χ0n) is 11.8. The molecule has 3 atom stereocenters. The van der Waals surface area contributed by atoms with Gasteiger partial charge in [-0.05, 0) is 38.1 Å². The summed E-state index contributed by atoms with van der Waals surface area (Å²) in [7, 11) is -3.23. The van der Waals surface area contributed by atoms with E-state index in [9.17, 15) is 8.42 Å². The molecule has 1 saturated carbocycles. The van der Waals surface area contributed by atoms with E-state index in [-0.39, 0.29) is 17.9 Å². The molecule has 0 aromatic heterocycles. The number of hydrogen-bond acceptors (Lipinski definition) is 4. The highest BCUT2D eigenvalue weighted by molar-refractivity contribution is 7.89.